The van der Waals surface area contributed by atoms with Crippen molar-refractivity contribution in [3.63, 3.8) is 0 Å². The summed E-state index contributed by atoms with van der Waals surface area (Å²) in [4.78, 5) is 0. The zero-order chi connectivity index (χ0) is 7.56. The van der Waals surface area contributed by atoms with Crippen molar-refractivity contribution >= 4 is 0 Å². The lowest BCUT2D eigenvalue weighted by Gasteiger charge is -2.02. The Kier molecular flexibility index (Phi) is 2.07. The highest BCUT2D eigenvalue weighted by Gasteiger charge is 1.98. The van der Waals surface area contributed by atoms with Gasteiger partial charge in [0.05, 0.1) is 0 Å². The van der Waals surface area contributed by atoms with E-state index < -0.39 is 0 Å². The molecule has 1 aromatic carbocycles. The summed E-state index contributed by atoms with van der Waals surface area (Å²) >= 11 is 0. The third-order valence-electron chi connectivity index (χ3n) is 1.89. The van der Waals surface area contributed by atoms with E-state index >= 15 is 0 Å². The zero-order valence-corrected chi connectivity index (χ0v) is 6.65. The van der Waals surface area contributed by atoms with E-state index in [9.17, 15) is 0 Å². The summed E-state index contributed by atoms with van der Waals surface area (Å²) in [5.41, 5.74) is 7.98. The molecule has 0 aromatic heterocycles. The fraction of sp³-hybridized carbons (Fsp3) is 0.333. The molecule has 0 aliphatic carbocycles. The Morgan fingerprint density at radius 1 is 1.20 bits per heavy atom. The second-order valence-corrected chi connectivity index (χ2v) is 2.62. The average Bonchev–Trinajstić information content (AvgIpc) is 1.88. The van der Waals surface area contributed by atoms with E-state index in [1.165, 1.54) is 16.7 Å². The van der Waals surface area contributed by atoms with Crippen LogP contribution in [0.5, 0.6) is 0 Å². The van der Waals surface area contributed by atoms with Crippen LogP contribution in [-0.4, -0.2) is 0 Å². The first-order valence-corrected chi connectivity index (χ1v) is 3.60. The molecule has 0 fully saturated rings. The molecule has 0 amide bonds. The third-order valence-corrected chi connectivity index (χ3v) is 1.89. The highest BCUT2D eigenvalue weighted by Crippen LogP contribution is 2.10. The van der Waals surface area contributed by atoms with Crippen molar-refractivity contribution in [2.24, 2.45) is 0 Å². The lowest BCUT2D eigenvalue weighted by molar-refractivity contribution is -0.386. The van der Waals surface area contributed by atoms with Crippen LogP contribution < -0.4 is 5.73 Å². The lowest BCUT2D eigenvalue weighted by atomic mass is 10.0. The molecule has 0 atom stereocenters. The van der Waals surface area contributed by atoms with Gasteiger partial charge in [-0.15, -0.1) is 0 Å². The van der Waals surface area contributed by atoms with Gasteiger partial charge in [0, 0.05) is 5.56 Å². The second-order valence-electron chi connectivity index (χ2n) is 2.62. The summed E-state index contributed by atoms with van der Waals surface area (Å²) in [6.07, 6.45) is 0. The fourth-order valence-corrected chi connectivity index (χ4v) is 1.24. The zero-order valence-electron chi connectivity index (χ0n) is 6.65. The van der Waals surface area contributed by atoms with Crippen molar-refractivity contribution < 1.29 is 5.73 Å². The predicted octanol–water partition coefficient (Wildman–Crippen LogP) is 1.05. The number of benzene rings is 1. The Morgan fingerprint density at radius 3 is 2.00 bits per heavy atom. The highest BCUT2D eigenvalue weighted by molar-refractivity contribution is 5.32. The van der Waals surface area contributed by atoms with Gasteiger partial charge in [-0.25, -0.2) is 0 Å². The first-order valence-electron chi connectivity index (χ1n) is 3.60. The van der Waals surface area contributed by atoms with E-state index in [4.69, 9.17) is 0 Å². The molecule has 0 spiro atoms. The molecule has 0 aliphatic heterocycles. The van der Waals surface area contributed by atoms with E-state index in [0.29, 0.717) is 0 Å². The molecule has 0 saturated heterocycles. The highest BCUT2D eigenvalue weighted by atomic mass is 14.5. The Labute approximate surface area is 61.9 Å². The predicted molar refractivity (Wildman–Crippen MR) is 42.5 cm³/mol. The molecule has 0 unspecified atom stereocenters. The lowest BCUT2D eigenvalue weighted by Crippen LogP contribution is -2.48. The molecule has 0 aliphatic rings. The summed E-state index contributed by atoms with van der Waals surface area (Å²) in [5, 5.41) is 0. The van der Waals surface area contributed by atoms with Gasteiger partial charge >= 0.3 is 0 Å². The number of hydrogen-bond donors (Lipinski definition) is 1. The largest absolute Gasteiger partial charge is 0.354 e. The van der Waals surface area contributed by atoms with E-state index in [0.717, 1.165) is 6.54 Å². The standard InChI is InChI=1S/C9H13N/c1-7-4-3-5-8(2)9(7)6-10/h3-5H,6,10H2,1-2H3/p+1. The summed E-state index contributed by atoms with van der Waals surface area (Å²) in [7, 11) is 0. The molecule has 1 heteroatoms. The maximum absolute atomic E-state index is 3.88. The molecule has 1 nitrogen and oxygen atoms in total. The van der Waals surface area contributed by atoms with E-state index in [1.54, 1.807) is 0 Å². The number of quaternary nitrogens is 1. The third kappa shape index (κ3) is 1.19. The fourth-order valence-electron chi connectivity index (χ4n) is 1.24. The molecule has 54 valence electrons. The minimum atomic E-state index is 0.901. The van der Waals surface area contributed by atoms with Crippen LogP contribution in [-0.2, 0) is 6.54 Å². The minimum absolute atomic E-state index is 0.901. The van der Waals surface area contributed by atoms with Crippen molar-refractivity contribution in [1.29, 1.82) is 0 Å². The topological polar surface area (TPSA) is 27.6 Å². The smallest absolute Gasteiger partial charge is 0.100 e. The van der Waals surface area contributed by atoms with Crippen LogP contribution in [0.2, 0.25) is 0 Å². The van der Waals surface area contributed by atoms with Crippen LogP contribution in [0.1, 0.15) is 16.7 Å². The quantitative estimate of drug-likeness (QED) is 0.597. The van der Waals surface area contributed by atoms with Gasteiger partial charge in [-0.2, -0.15) is 0 Å². The number of hydrogen-bond acceptors (Lipinski definition) is 0. The maximum atomic E-state index is 3.88. The Hall–Kier alpha value is -0.820. The van der Waals surface area contributed by atoms with E-state index in [2.05, 4.69) is 37.8 Å². The second kappa shape index (κ2) is 2.84. The molecular formula is C9H14N+. The molecule has 3 N–H and O–H groups in total. The minimum Gasteiger partial charge on any atom is -0.354 e. The molecular weight excluding hydrogens is 122 g/mol. The van der Waals surface area contributed by atoms with Gasteiger partial charge in [-0.1, -0.05) is 18.2 Å². The van der Waals surface area contributed by atoms with E-state index in [-0.39, 0.29) is 0 Å². The van der Waals surface area contributed by atoms with Gasteiger partial charge in [0.15, 0.2) is 0 Å². The first kappa shape index (κ1) is 7.29. The number of rotatable bonds is 1. The van der Waals surface area contributed by atoms with Gasteiger partial charge in [0.2, 0.25) is 0 Å². The van der Waals surface area contributed by atoms with Crippen LogP contribution in [0.15, 0.2) is 18.2 Å². The van der Waals surface area contributed by atoms with Gasteiger partial charge in [-0.3, -0.25) is 0 Å². The monoisotopic (exact) mass is 136 g/mol. The summed E-state index contributed by atoms with van der Waals surface area (Å²) in [6.45, 7) is 5.17. The van der Waals surface area contributed by atoms with Gasteiger partial charge in [0.1, 0.15) is 6.54 Å². The Morgan fingerprint density at radius 2 is 1.70 bits per heavy atom. The van der Waals surface area contributed by atoms with Crippen LogP contribution in [0.3, 0.4) is 0 Å². The van der Waals surface area contributed by atoms with Crippen LogP contribution in [0.4, 0.5) is 0 Å². The van der Waals surface area contributed by atoms with Gasteiger partial charge < -0.3 is 5.73 Å². The van der Waals surface area contributed by atoms with Gasteiger partial charge in [-0.05, 0) is 25.0 Å². The normalized spacial score (nSPS) is 9.90. The Bertz CT molecular complexity index is 208. The molecule has 1 rings (SSSR count). The molecule has 0 bridgehead atoms. The van der Waals surface area contributed by atoms with Crippen molar-refractivity contribution in [1.82, 2.24) is 0 Å². The molecule has 0 radical (unpaired) electrons. The van der Waals surface area contributed by atoms with Crippen molar-refractivity contribution in [3.8, 4) is 0 Å². The van der Waals surface area contributed by atoms with Crippen molar-refractivity contribution in [2.75, 3.05) is 0 Å². The van der Waals surface area contributed by atoms with Crippen LogP contribution in [0, 0.1) is 13.8 Å². The molecule has 1 aromatic rings. The van der Waals surface area contributed by atoms with Crippen LogP contribution in [0.25, 0.3) is 0 Å². The van der Waals surface area contributed by atoms with Crippen molar-refractivity contribution in [3.05, 3.63) is 34.9 Å². The van der Waals surface area contributed by atoms with Crippen LogP contribution >= 0.6 is 0 Å². The summed E-state index contributed by atoms with van der Waals surface area (Å²) in [6, 6.07) is 6.35. The molecule has 10 heavy (non-hydrogen) atoms. The molecule has 0 saturated carbocycles. The van der Waals surface area contributed by atoms with E-state index in [1.807, 2.05) is 0 Å². The SMILES string of the molecule is Cc1cccc(C)c1C[NH3+]. The maximum Gasteiger partial charge on any atom is 0.100 e. The summed E-state index contributed by atoms with van der Waals surface area (Å²) < 4.78 is 0. The number of aryl methyl sites for hydroxylation is 2. The molecule has 0 heterocycles. The summed E-state index contributed by atoms with van der Waals surface area (Å²) in [5.74, 6) is 0. The van der Waals surface area contributed by atoms with Gasteiger partial charge in [0.25, 0.3) is 0 Å². The average molecular weight is 136 g/mol. The van der Waals surface area contributed by atoms with Crippen molar-refractivity contribution in [2.45, 2.75) is 20.4 Å². The first-order chi connectivity index (χ1) is 4.75. The Balaban J connectivity index is 3.17.